The number of nitrogens with one attached hydrogen (secondary N) is 1. The molecule has 2 rings (SSSR count). The Kier molecular flexibility index (Phi) is 5.57. The first kappa shape index (κ1) is 16.6. The summed E-state index contributed by atoms with van der Waals surface area (Å²) >= 11 is 7.57. The predicted molar refractivity (Wildman–Crippen MR) is 87.9 cm³/mol. The molecule has 0 aromatic heterocycles. The number of anilines is 1. The van der Waals surface area contributed by atoms with Gasteiger partial charge in [0.05, 0.1) is 10.3 Å². The Balaban J connectivity index is 2.00. The standard InChI is InChI=1S/C14H18ClNO3S2/c1-20-13-7-6-10(8-12(13)15)16-14(17)9-21(18,19)11-4-2-3-5-11/h6-8,11H,2-5,9H2,1H3,(H,16,17). The van der Waals surface area contributed by atoms with E-state index in [1.807, 2.05) is 6.26 Å². The Bertz CT molecular complexity index is 625. The van der Waals surface area contributed by atoms with Crippen LogP contribution in [-0.4, -0.2) is 31.6 Å². The molecule has 1 fully saturated rings. The summed E-state index contributed by atoms with van der Waals surface area (Å²) in [6.07, 6.45) is 5.11. The maximum absolute atomic E-state index is 12.1. The first-order valence-electron chi connectivity index (χ1n) is 6.77. The summed E-state index contributed by atoms with van der Waals surface area (Å²) in [4.78, 5) is 12.8. The Morgan fingerprint density at radius 3 is 2.62 bits per heavy atom. The minimum absolute atomic E-state index is 0.356. The number of carbonyl (C=O) groups excluding carboxylic acids is 1. The van der Waals surface area contributed by atoms with E-state index in [0.29, 0.717) is 23.6 Å². The van der Waals surface area contributed by atoms with Crippen molar-refractivity contribution in [2.45, 2.75) is 35.8 Å². The second-order valence-electron chi connectivity index (χ2n) is 5.11. The maximum Gasteiger partial charge on any atom is 0.239 e. The molecule has 0 unspecified atom stereocenters. The molecule has 0 bridgehead atoms. The minimum atomic E-state index is -3.35. The van der Waals surface area contributed by atoms with E-state index in [1.165, 1.54) is 11.8 Å². The first-order valence-corrected chi connectivity index (χ1v) is 10.1. The number of carbonyl (C=O) groups is 1. The van der Waals surface area contributed by atoms with Gasteiger partial charge in [-0.2, -0.15) is 0 Å². The molecule has 116 valence electrons. The molecule has 1 aliphatic carbocycles. The third-order valence-electron chi connectivity index (χ3n) is 3.58. The summed E-state index contributed by atoms with van der Waals surface area (Å²) in [6, 6.07) is 5.15. The number of thioether (sulfide) groups is 1. The van der Waals surface area contributed by atoms with Gasteiger partial charge in [-0.3, -0.25) is 4.79 Å². The predicted octanol–water partition coefficient (Wildman–Crippen LogP) is 3.36. The van der Waals surface area contributed by atoms with Crippen LogP contribution >= 0.6 is 23.4 Å². The van der Waals surface area contributed by atoms with Crippen LogP contribution in [0.15, 0.2) is 23.1 Å². The van der Waals surface area contributed by atoms with Crippen LogP contribution in [0.5, 0.6) is 0 Å². The van der Waals surface area contributed by atoms with Crippen molar-refractivity contribution in [1.82, 2.24) is 0 Å². The zero-order valence-corrected chi connectivity index (χ0v) is 14.2. The second-order valence-corrected chi connectivity index (χ2v) is 8.65. The zero-order chi connectivity index (χ0) is 15.5. The fraction of sp³-hybridized carbons (Fsp3) is 0.500. The number of amides is 1. The topological polar surface area (TPSA) is 63.2 Å². The van der Waals surface area contributed by atoms with E-state index in [4.69, 9.17) is 11.6 Å². The molecular formula is C14H18ClNO3S2. The van der Waals surface area contributed by atoms with Crippen molar-refractivity contribution in [3.63, 3.8) is 0 Å². The van der Waals surface area contributed by atoms with Gasteiger partial charge in [0.25, 0.3) is 0 Å². The van der Waals surface area contributed by atoms with Crippen LogP contribution in [0.25, 0.3) is 0 Å². The van der Waals surface area contributed by atoms with E-state index in [-0.39, 0.29) is 5.25 Å². The van der Waals surface area contributed by atoms with Gasteiger partial charge in [-0.1, -0.05) is 24.4 Å². The molecular weight excluding hydrogens is 330 g/mol. The highest BCUT2D eigenvalue weighted by Gasteiger charge is 2.30. The largest absolute Gasteiger partial charge is 0.325 e. The van der Waals surface area contributed by atoms with E-state index in [0.717, 1.165) is 17.7 Å². The van der Waals surface area contributed by atoms with Gasteiger partial charge in [-0.15, -0.1) is 11.8 Å². The van der Waals surface area contributed by atoms with Crippen LogP contribution < -0.4 is 5.32 Å². The van der Waals surface area contributed by atoms with E-state index in [9.17, 15) is 13.2 Å². The van der Waals surface area contributed by atoms with Gasteiger partial charge >= 0.3 is 0 Å². The van der Waals surface area contributed by atoms with E-state index in [2.05, 4.69) is 5.32 Å². The average Bonchev–Trinajstić information content (AvgIpc) is 2.92. The summed E-state index contributed by atoms with van der Waals surface area (Å²) in [5, 5.41) is 2.79. The lowest BCUT2D eigenvalue weighted by Crippen LogP contribution is -2.29. The van der Waals surface area contributed by atoms with Crippen molar-refractivity contribution < 1.29 is 13.2 Å². The smallest absolute Gasteiger partial charge is 0.239 e. The molecule has 21 heavy (non-hydrogen) atoms. The molecule has 0 aliphatic heterocycles. The lowest BCUT2D eigenvalue weighted by molar-refractivity contribution is -0.113. The molecule has 0 spiro atoms. The van der Waals surface area contributed by atoms with Crippen LogP contribution in [0, 0.1) is 0 Å². The number of hydrogen-bond donors (Lipinski definition) is 1. The Morgan fingerprint density at radius 1 is 1.38 bits per heavy atom. The van der Waals surface area contributed by atoms with Gasteiger partial charge < -0.3 is 5.32 Å². The zero-order valence-electron chi connectivity index (χ0n) is 11.8. The molecule has 4 nitrogen and oxygen atoms in total. The fourth-order valence-electron chi connectivity index (χ4n) is 2.49. The number of sulfone groups is 1. The lowest BCUT2D eigenvalue weighted by Gasteiger charge is -2.11. The van der Waals surface area contributed by atoms with Gasteiger partial charge in [0.2, 0.25) is 5.91 Å². The van der Waals surface area contributed by atoms with Crippen molar-refractivity contribution in [3.05, 3.63) is 23.2 Å². The highest BCUT2D eigenvalue weighted by atomic mass is 35.5. The van der Waals surface area contributed by atoms with Crippen LogP contribution in [-0.2, 0) is 14.6 Å². The number of benzene rings is 1. The molecule has 0 atom stereocenters. The number of halogens is 1. The molecule has 1 amide bonds. The fourth-order valence-corrected chi connectivity index (χ4v) is 5.08. The van der Waals surface area contributed by atoms with Crippen LogP contribution in [0.1, 0.15) is 25.7 Å². The summed E-state index contributed by atoms with van der Waals surface area (Å²) in [6.45, 7) is 0. The van der Waals surface area contributed by atoms with Crippen molar-refractivity contribution in [2.75, 3.05) is 17.3 Å². The van der Waals surface area contributed by atoms with Gasteiger partial charge in [-0.25, -0.2) is 8.42 Å². The minimum Gasteiger partial charge on any atom is -0.325 e. The Labute approximate surface area is 134 Å². The highest BCUT2D eigenvalue weighted by Crippen LogP contribution is 2.28. The molecule has 0 saturated heterocycles. The van der Waals surface area contributed by atoms with Crippen molar-refractivity contribution in [1.29, 1.82) is 0 Å². The normalized spacial score (nSPS) is 16.1. The highest BCUT2D eigenvalue weighted by molar-refractivity contribution is 7.98. The summed E-state index contributed by atoms with van der Waals surface area (Å²) in [5.74, 6) is -0.964. The van der Waals surface area contributed by atoms with E-state index >= 15 is 0 Å². The molecule has 0 radical (unpaired) electrons. The molecule has 1 aromatic carbocycles. The third kappa shape index (κ3) is 4.37. The van der Waals surface area contributed by atoms with Crippen molar-refractivity contribution in [2.24, 2.45) is 0 Å². The second kappa shape index (κ2) is 7.03. The van der Waals surface area contributed by atoms with Crippen molar-refractivity contribution >= 4 is 44.8 Å². The summed E-state index contributed by atoms with van der Waals surface area (Å²) < 4.78 is 24.2. The summed E-state index contributed by atoms with van der Waals surface area (Å²) in [5.41, 5.74) is 0.518. The third-order valence-corrected chi connectivity index (χ3v) is 6.95. The van der Waals surface area contributed by atoms with Gasteiger partial charge in [0, 0.05) is 10.6 Å². The Hall–Kier alpha value is -0.720. The van der Waals surface area contributed by atoms with Gasteiger partial charge in [0.15, 0.2) is 9.84 Å². The number of rotatable bonds is 5. The van der Waals surface area contributed by atoms with E-state index in [1.54, 1.807) is 18.2 Å². The number of hydrogen-bond acceptors (Lipinski definition) is 4. The molecule has 1 N–H and O–H groups in total. The molecule has 1 aromatic rings. The molecule has 0 heterocycles. The summed E-state index contributed by atoms with van der Waals surface area (Å²) in [7, 11) is -3.35. The molecule has 1 aliphatic rings. The quantitative estimate of drug-likeness (QED) is 0.829. The van der Waals surface area contributed by atoms with Crippen LogP contribution in [0.3, 0.4) is 0 Å². The SMILES string of the molecule is CSc1ccc(NC(=O)CS(=O)(=O)C2CCCC2)cc1Cl. The molecule has 7 heteroatoms. The Morgan fingerprint density at radius 2 is 2.05 bits per heavy atom. The van der Waals surface area contributed by atoms with Gasteiger partial charge in [0.1, 0.15) is 5.75 Å². The average molecular weight is 348 g/mol. The van der Waals surface area contributed by atoms with Crippen molar-refractivity contribution in [3.8, 4) is 0 Å². The van der Waals surface area contributed by atoms with Crippen LogP contribution in [0.2, 0.25) is 5.02 Å². The maximum atomic E-state index is 12.1. The van der Waals surface area contributed by atoms with Gasteiger partial charge in [-0.05, 0) is 37.3 Å². The molecule has 1 saturated carbocycles. The van der Waals surface area contributed by atoms with E-state index < -0.39 is 21.5 Å². The monoisotopic (exact) mass is 347 g/mol. The first-order chi connectivity index (χ1) is 9.92. The van der Waals surface area contributed by atoms with Crippen LogP contribution in [0.4, 0.5) is 5.69 Å². The lowest BCUT2D eigenvalue weighted by atomic mass is 10.3.